The number of halogens is 4. The molecule has 0 amide bonds. The van der Waals surface area contributed by atoms with Crippen molar-refractivity contribution in [3.8, 4) is 0 Å². The van der Waals surface area contributed by atoms with Gasteiger partial charge in [0.25, 0.3) is 0 Å². The summed E-state index contributed by atoms with van der Waals surface area (Å²) < 4.78 is 51.8. The van der Waals surface area contributed by atoms with Crippen molar-refractivity contribution in [3.63, 3.8) is 0 Å². The van der Waals surface area contributed by atoms with Crippen molar-refractivity contribution in [2.24, 2.45) is 0 Å². The molecule has 1 atom stereocenters. The van der Waals surface area contributed by atoms with Crippen molar-refractivity contribution in [1.29, 1.82) is 0 Å². The van der Waals surface area contributed by atoms with Gasteiger partial charge in [-0.05, 0) is 24.6 Å². The normalized spacial score (nSPS) is 12.8. The Kier molecular flexibility index (Phi) is 4.09. The number of hydrogen-bond donors (Lipinski definition) is 1. The van der Waals surface area contributed by atoms with Crippen LogP contribution in [0.25, 0.3) is 0 Å². The monoisotopic (exact) mass is 250 g/mol. The zero-order chi connectivity index (χ0) is 13.2. The molecule has 0 fully saturated rings. The number of alkyl halides is 2. The van der Waals surface area contributed by atoms with Crippen molar-refractivity contribution in [1.82, 2.24) is 0 Å². The van der Waals surface area contributed by atoms with Crippen LogP contribution in [-0.2, 0) is 4.79 Å². The molecule has 1 rings (SSSR count). The third-order valence-electron chi connectivity index (χ3n) is 2.38. The zero-order valence-electron chi connectivity index (χ0n) is 8.88. The Morgan fingerprint density at radius 3 is 2.35 bits per heavy atom. The highest BCUT2D eigenvalue weighted by Gasteiger charge is 2.28. The molecule has 0 radical (unpaired) electrons. The summed E-state index contributed by atoms with van der Waals surface area (Å²) in [4.78, 5) is 10.4. The van der Waals surface area contributed by atoms with Crippen LogP contribution in [0.15, 0.2) is 12.1 Å². The molecule has 0 bridgehead atoms. The van der Waals surface area contributed by atoms with Gasteiger partial charge in [0.05, 0.1) is 12.3 Å². The molecule has 0 aromatic heterocycles. The number of hydrogen-bond acceptors (Lipinski definition) is 1. The summed E-state index contributed by atoms with van der Waals surface area (Å²) in [5, 5.41) is 8.46. The number of aryl methyl sites for hydroxylation is 1. The predicted octanol–water partition coefficient (Wildman–Crippen LogP) is 3.10. The number of carboxylic acid groups (broad SMARTS) is 1. The molecule has 2 nitrogen and oxygen atoms in total. The summed E-state index contributed by atoms with van der Waals surface area (Å²) >= 11 is 0. The van der Waals surface area contributed by atoms with Gasteiger partial charge >= 0.3 is 5.97 Å². The van der Waals surface area contributed by atoms with Crippen molar-refractivity contribution >= 4 is 5.97 Å². The van der Waals surface area contributed by atoms with Gasteiger partial charge in [-0.3, -0.25) is 4.79 Å². The molecule has 0 saturated heterocycles. The van der Waals surface area contributed by atoms with Crippen LogP contribution in [0.4, 0.5) is 17.6 Å². The fraction of sp³-hybridized carbons (Fsp3) is 0.364. The van der Waals surface area contributed by atoms with E-state index in [2.05, 4.69) is 0 Å². The Morgan fingerprint density at radius 1 is 1.29 bits per heavy atom. The van der Waals surface area contributed by atoms with Gasteiger partial charge in [-0.25, -0.2) is 17.6 Å². The van der Waals surface area contributed by atoms with Gasteiger partial charge in [-0.15, -0.1) is 0 Å². The fourth-order valence-corrected chi connectivity index (χ4v) is 1.47. The second kappa shape index (κ2) is 5.16. The first kappa shape index (κ1) is 13.5. The van der Waals surface area contributed by atoms with E-state index in [0.29, 0.717) is 6.07 Å². The smallest absolute Gasteiger partial charge is 0.304 e. The maximum absolute atomic E-state index is 13.4. The number of aliphatic carboxylic acids is 1. The lowest BCUT2D eigenvalue weighted by Crippen LogP contribution is -2.16. The van der Waals surface area contributed by atoms with Gasteiger partial charge in [0.1, 0.15) is 11.6 Å². The summed E-state index contributed by atoms with van der Waals surface area (Å²) in [7, 11) is 0. The van der Waals surface area contributed by atoms with Gasteiger partial charge in [-0.1, -0.05) is 0 Å². The average Bonchev–Trinajstić information content (AvgIpc) is 2.20. The second-order valence-corrected chi connectivity index (χ2v) is 3.66. The molecule has 0 aliphatic rings. The minimum absolute atomic E-state index is 0.0189. The Balaban J connectivity index is 3.18. The van der Waals surface area contributed by atoms with Crippen molar-refractivity contribution < 1.29 is 27.5 Å². The minimum atomic E-state index is -3.07. The first-order valence-electron chi connectivity index (χ1n) is 4.78. The van der Waals surface area contributed by atoms with Crippen LogP contribution in [0.5, 0.6) is 0 Å². The molecular formula is C11H10F4O2. The summed E-state index contributed by atoms with van der Waals surface area (Å²) in [5.41, 5.74) is -0.625. The van der Waals surface area contributed by atoms with Crippen LogP contribution in [0.1, 0.15) is 23.5 Å². The molecule has 1 N–H and O–H groups in total. The molecule has 1 unspecified atom stereocenters. The molecule has 6 heteroatoms. The van der Waals surface area contributed by atoms with Crippen molar-refractivity contribution in [3.05, 3.63) is 34.9 Å². The third-order valence-corrected chi connectivity index (χ3v) is 2.38. The lowest BCUT2D eigenvalue weighted by atomic mass is 9.94. The molecule has 1 aromatic rings. The van der Waals surface area contributed by atoms with Crippen LogP contribution < -0.4 is 0 Å². The Hall–Kier alpha value is -1.59. The van der Waals surface area contributed by atoms with E-state index in [1.165, 1.54) is 6.92 Å². The highest BCUT2D eigenvalue weighted by Crippen LogP contribution is 2.30. The van der Waals surface area contributed by atoms with Gasteiger partial charge in [0.15, 0.2) is 0 Å². The van der Waals surface area contributed by atoms with Gasteiger partial charge in [0.2, 0.25) is 6.43 Å². The van der Waals surface area contributed by atoms with Crippen LogP contribution in [0.2, 0.25) is 0 Å². The Morgan fingerprint density at radius 2 is 1.88 bits per heavy atom. The van der Waals surface area contributed by atoms with E-state index in [1.807, 2.05) is 0 Å². The van der Waals surface area contributed by atoms with Crippen LogP contribution >= 0.6 is 0 Å². The molecule has 94 valence electrons. The van der Waals surface area contributed by atoms with Gasteiger partial charge in [0, 0.05) is 5.56 Å². The highest BCUT2D eigenvalue weighted by molar-refractivity contribution is 5.68. The minimum Gasteiger partial charge on any atom is -0.481 e. The molecule has 17 heavy (non-hydrogen) atoms. The molecule has 1 aromatic carbocycles. The van der Waals surface area contributed by atoms with E-state index in [0.717, 1.165) is 6.07 Å². The maximum Gasteiger partial charge on any atom is 0.304 e. The van der Waals surface area contributed by atoms with E-state index in [-0.39, 0.29) is 5.56 Å². The molecule has 0 aliphatic heterocycles. The number of rotatable bonds is 4. The quantitative estimate of drug-likeness (QED) is 0.834. The SMILES string of the molecule is Cc1cc(F)c(C(CC(=O)O)C(F)F)cc1F. The first-order chi connectivity index (χ1) is 7.82. The Labute approximate surface area is 94.9 Å². The van der Waals surface area contributed by atoms with Crippen LogP contribution in [0, 0.1) is 18.6 Å². The highest BCUT2D eigenvalue weighted by atomic mass is 19.3. The van der Waals surface area contributed by atoms with E-state index < -0.39 is 41.9 Å². The molecule has 0 aliphatic carbocycles. The van der Waals surface area contributed by atoms with Gasteiger partial charge in [-0.2, -0.15) is 0 Å². The number of benzene rings is 1. The number of carboxylic acids is 1. The number of carbonyl (C=O) groups is 1. The fourth-order valence-electron chi connectivity index (χ4n) is 1.47. The lowest BCUT2D eigenvalue weighted by molar-refractivity contribution is -0.138. The Bertz CT molecular complexity index is 432. The van der Waals surface area contributed by atoms with E-state index in [1.54, 1.807) is 0 Å². The van der Waals surface area contributed by atoms with Crippen molar-refractivity contribution in [2.45, 2.75) is 25.7 Å². The predicted molar refractivity (Wildman–Crippen MR) is 52.1 cm³/mol. The summed E-state index contributed by atoms with van der Waals surface area (Å²) in [6.45, 7) is 1.29. The topological polar surface area (TPSA) is 37.3 Å². The summed E-state index contributed by atoms with van der Waals surface area (Å²) in [5.74, 6) is -5.19. The van der Waals surface area contributed by atoms with E-state index in [4.69, 9.17) is 5.11 Å². The van der Waals surface area contributed by atoms with Crippen molar-refractivity contribution in [2.75, 3.05) is 0 Å². The van der Waals surface area contributed by atoms with Crippen LogP contribution in [0.3, 0.4) is 0 Å². The molecule has 0 saturated carbocycles. The zero-order valence-corrected chi connectivity index (χ0v) is 8.88. The van der Waals surface area contributed by atoms with E-state index >= 15 is 0 Å². The van der Waals surface area contributed by atoms with Crippen LogP contribution in [-0.4, -0.2) is 17.5 Å². The third kappa shape index (κ3) is 3.18. The maximum atomic E-state index is 13.4. The molecular weight excluding hydrogens is 240 g/mol. The lowest BCUT2D eigenvalue weighted by Gasteiger charge is -2.15. The summed E-state index contributed by atoms with van der Waals surface area (Å²) in [6, 6.07) is 1.41. The van der Waals surface area contributed by atoms with Gasteiger partial charge < -0.3 is 5.11 Å². The van der Waals surface area contributed by atoms with E-state index in [9.17, 15) is 22.4 Å². The first-order valence-corrected chi connectivity index (χ1v) is 4.78. The average molecular weight is 250 g/mol. The second-order valence-electron chi connectivity index (χ2n) is 3.66. The standard InChI is InChI=1S/C11H10F4O2/c1-5-2-9(13)6(3-8(5)12)7(11(14)15)4-10(16)17/h2-3,7,11H,4H2,1H3,(H,16,17). The largest absolute Gasteiger partial charge is 0.481 e. The molecule has 0 spiro atoms. The molecule has 0 heterocycles. The summed E-state index contributed by atoms with van der Waals surface area (Å²) in [6.07, 6.45) is -4.01.